The van der Waals surface area contributed by atoms with E-state index in [0.717, 1.165) is 44.8 Å². The standard InChI is InChI=1S/C49H70N4O11.C46H66N4O10.C3H5ClO/c1-10-43(55)64-42(34-53(52-46(57)39(48(2,3)4)32-44(56)60-9)33-36-19-21-37(22-20-36)40-18-14-15-23-50-40)38(30-35-16-12-11-13-17-35)31-41(54)45(49(5,6)7)51-47(58)63-29-28-62-27-26-61-25-24-59-8;1-45(2,3)37(30-41(53)57-8)43(54)49-50(31-34-17-19-35(20-18-34)38-16-12-13-21-47-38)32-40(52)36(28-33-14-10-9-11-15-33)29-39(51)42(46(4,5)6)48-44(55)60-27-26-59-25-24-58-23-22-56-7;1-2-3(4)5/h11-23,38-39,42,45H,10,24-34H2,1-9H3,(H,51,58)(H,52,57);9-21,36-37,40,42,52H,22-32H2,1-8H3,(H,48,55)(H,49,54);2H2,1H3/t38-,39-,42+,45-;36-,37-,40+,42-;/m11./s1. The van der Waals surface area contributed by atoms with Crippen molar-refractivity contribution < 1.29 is 105 Å². The Morgan fingerprint density at radius 2 is 0.752 bits per heavy atom. The second kappa shape index (κ2) is 59.3. The lowest BCUT2D eigenvalue weighted by Crippen LogP contribution is -2.53. The number of carbonyl (C=O) groups excluding carboxylic acids is 10. The van der Waals surface area contributed by atoms with Crippen LogP contribution < -0.4 is 21.5 Å². The zero-order valence-corrected chi connectivity index (χ0v) is 79.5. The van der Waals surface area contributed by atoms with Gasteiger partial charge in [0.2, 0.25) is 17.1 Å². The molecule has 2 aromatic heterocycles. The number of halogens is 1. The van der Waals surface area contributed by atoms with Gasteiger partial charge in [-0.25, -0.2) is 19.6 Å². The van der Waals surface area contributed by atoms with Crippen LogP contribution in [0.1, 0.15) is 158 Å². The topological polar surface area (TPSA) is 373 Å². The maximum absolute atomic E-state index is 14.6. The summed E-state index contributed by atoms with van der Waals surface area (Å²) < 4.78 is 58.4. The number of amides is 4. The number of ether oxygens (including phenoxy) is 11. The zero-order valence-electron chi connectivity index (χ0n) is 78.8. The van der Waals surface area contributed by atoms with E-state index >= 15 is 0 Å². The zero-order chi connectivity index (χ0) is 95.5. The van der Waals surface area contributed by atoms with Crippen LogP contribution in [0.25, 0.3) is 22.5 Å². The molecule has 0 bridgehead atoms. The minimum Gasteiger partial charge on any atom is -0.469 e. The lowest BCUT2D eigenvalue weighted by atomic mass is 9.78. The number of benzene rings is 4. The van der Waals surface area contributed by atoms with Crippen LogP contribution in [-0.4, -0.2) is 229 Å². The monoisotopic (exact) mass is 1820 g/mol. The van der Waals surface area contributed by atoms with Crippen molar-refractivity contribution in [2.24, 2.45) is 45.3 Å². The number of nitrogens with one attached hydrogen (secondary N) is 4. The van der Waals surface area contributed by atoms with Crippen LogP contribution in [-0.2, 0) is 116 Å². The van der Waals surface area contributed by atoms with Crippen LogP contribution >= 0.6 is 11.6 Å². The van der Waals surface area contributed by atoms with E-state index in [9.17, 15) is 53.1 Å². The second-order valence-electron chi connectivity index (χ2n) is 35.4. The van der Waals surface area contributed by atoms with Crippen LogP contribution in [0.15, 0.2) is 158 Å². The van der Waals surface area contributed by atoms with Crippen LogP contribution in [0.5, 0.6) is 0 Å². The van der Waals surface area contributed by atoms with Crippen molar-refractivity contribution in [1.82, 2.24) is 41.5 Å². The van der Waals surface area contributed by atoms with E-state index < -0.39 is 112 Å². The first-order valence-corrected chi connectivity index (χ1v) is 44.2. The number of carbonyl (C=O) groups is 10. The van der Waals surface area contributed by atoms with Crippen LogP contribution in [0.2, 0.25) is 0 Å². The number of pyridine rings is 2. The molecule has 4 aromatic carbocycles. The molecule has 4 amide bonds. The van der Waals surface area contributed by atoms with E-state index in [1.54, 1.807) is 50.5 Å². The number of aliphatic hydroxyl groups excluding tert-OH is 1. The van der Waals surface area contributed by atoms with Gasteiger partial charge >= 0.3 is 30.1 Å². The normalized spacial score (nSPS) is 13.5. The number of ketones is 2. The molecule has 0 fully saturated rings. The molecule has 5 N–H and O–H groups in total. The van der Waals surface area contributed by atoms with Crippen molar-refractivity contribution in [3.8, 4) is 22.5 Å². The highest BCUT2D eigenvalue weighted by molar-refractivity contribution is 6.63. The van der Waals surface area contributed by atoms with Gasteiger partial charge in [0.15, 0.2) is 11.6 Å². The fourth-order valence-corrected chi connectivity index (χ4v) is 13.5. The molecule has 0 aliphatic rings. The summed E-state index contributed by atoms with van der Waals surface area (Å²) in [6.07, 6.45) is 0.567. The number of aromatic nitrogens is 2. The average Bonchev–Trinajstić information content (AvgIpc) is 0.795. The molecular weight excluding hydrogens is 1680 g/mol. The third-order valence-electron chi connectivity index (χ3n) is 20.8. The first-order chi connectivity index (χ1) is 61.2. The highest BCUT2D eigenvalue weighted by atomic mass is 35.5. The van der Waals surface area contributed by atoms with Crippen molar-refractivity contribution in [1.29, 1.82) is 0 Å². The van der Waals surface area contributed by atoms with Crippen LogP contribution in [0.3, 0.4) is 0 Å². The molecular formula is C98H141ClN8O22. The number of nitrogens with zero attached hydrogens (tertiary/aromatic N) is 4. The van der Waals surface area contributed by atoms with E-state index in [2.05, 4.69) is 31.5 Å². The van der Waals surface area contributed by atoms with E-state index in [0.29, 0.717) is 72.1 Å². The van der Waals surface area contributed by atoms with Crippen LogP contribution in [0, 0.1) is 45.3 Å². The summed E-state index contributed by atoms with van der Waals surface area (Å²) in [7, 11) is 5.76. The third-order valence-corrected chi connectivity index (χ3v) is 21.1. The van der Waals surface area contributed by atoms with Gasteiger partial charge in [0.05, 0.1) is 141 Å². The lowest BCUT2D eigenvalue weighted by Gasteiger charge is -2.36. The summed E-state index contributed by atoms with van der Waals surface area (Å²) in [4.78, 5) is 140. The molecule has 0 aliphatic heterocycles. The van der Waals surface area contributed by atoms with E-state index in [-0.39, 0.29) is 102 Å². The minimum atomic E-state index is -1.13. The number of hydrogen-bond donors (Lipinski definition) is 5. The fraction of sp³-hybridized carbons (Fsp3) is 0.551. The van der Waals surface area contributed by atoms with Crippen molar-refractivity contribution >= 4 is 70.3 Å². The molecule has 0 saturated heterocycles. The van der Waals surface area contributed by atoms with Gasteiger partial charge in [0, 0.05) is 89.0 Å². The Morgan fingerprint density at radius 1 is 0.403 bits per heavy atom. The van der Waals surface area contributed by atoms with Crippen molar-refractivity contribution in [2.45, 2.75) is 186 Å². The molecule has 6 rings (SSSR count). The predicted molar refractivity (Wildman–Crippen MR) is 492 cm³/mol. The summed E-state index contributed by atoms with van der Waals surface area (Å²) in [6, 6.07) is 44.0. The fourth-order valence-electron chi connectivity index (χ4n) is 13.5. The number of esters is 3. The Hall–Kier alpha value is -9.99. The number of rotatable bonds is 53. The molecule has 2 heterocycles. The van der Waals surface area contributed by atoms with Crippen molar-refractivity contribution in [3.05, 3.63) is 180 Å². The SMILES string of the molecule is CCC(=O)Cl.CCC(=O)O[C@@H](CN(Cc1ccc(-c2ccccn2)cc1)NC(=O)[C@@H](CC(=O)OC)C(C)(C)C)[C@@H](CC(=O)[C@@H](NC(=O)OCCOCCOCCOC)C(C)(C)C)Cc1ccccc1.COCCOCCOCCOC(=O)N[C@H](C(=O)C[C@@H](Cc1ccccc1)[C@@H](O)CN(Cc1ccc(-c2ccccn2)cc1)NC(=O)[C@@H](CC(=O)OC)C(C)(C)C)C(C)(C)C. The molecule has 712 valence electrons. The van der Waals surface area contributed by atoms with E-state index in [4.69, 9.17) is 63.7 Å². The van der Waals surface area contributed by atoms with Crippen LogP contribution in [0.4, 0.5) is 9.59 Å². The highest BCUT2D eigenvalue weighted by Crippen LogP contribution is 2.34. The molecule has 0 unspecified atom stereocenters. The van der Waals surface area contributed by atoms with Gasteiger partial charge in [-0.05, 0) is 98.5 Å². The van der Waals surface area contributed by atoms with E-state index in [1.165, 1.54) is 14.2 Å². The minimum absolute atomic E-state index is 0.0204. The van der Waals surface area contributed by atoms with Gasteiger partial charge in [-0.1, -0.05) is 218 Å². The summed E-state index contributed by atoms with van der Waals surface area (Å²) in [5.41, 5.74) is 10.3. The lowest BCUT2D eigenvalue weighted by molar-refractivity contribution is -0.156. The number of hydrazine groups is 2. The van der Waals surface area contributed by atoms with Crippen molar-refractivity contribution in [2.75, 3.05) is 121 Å². The molecule has 31 heteroatoms. The van der Waals surface area contributed by atoms with Gasteiger partial charge in [-0.3, -0.25) is 59.2 Å². The molecule has 0 aliphatic carbocycles. The number of alkyl carbamates (subject to hydrolysis) is 2. The maximum atomic E-state index is 14.6. The largest absolute Gasteiger partial charge is 0.469 e. The first kappa shape index (κ1) is 111. The molecule has 0 spiro atoms. The van der Waals surface area contributed by atoms with E-state index in [1.807, 2.05) is 229 Å². The predicted octanol–water partition coefficient (Wildman–Crippen LogP) is 13.7. The second-order valence-corrected chi connectivity index (χ2v) is 35.8. The number of hydrogen-bond acceptors (Lipinski definition) is 26. The quantitative estimate of drug-likeness (QED) is 0.00778. The Kier molecular flexibility index (Phi) is 51.2. The molecule has 0 radical (unpaired) electrons. The number of methoxy groups -OCH3 is 4. The molecule has 30 nitrogen and oxygen atoms in total. The molecule has 8 atom stereocenters. The third kappa shape index (κ3) is 44.9. The molecule has 129 heavy (non-hydrogen) atoms. The molecule has 0 saturated carbocycles. The first-order valence-electron chi connectivity index (χ1n) is 43.8. The van der Waals surface area contributed by atoms with Gasteiger partial charge in [-0.2, -0.15) is 0 Å². The van der Waals surface area contributed by atoms with Gasteiger partial charge < -0.3 is 67.8 Å². The summed E-state index contributed by atoms with van der Waals surface area (Å²) in [6.45, 7) is 29.5. The summed E-state index contributed by atoms with van der Waals surface area (Å²) in [5.74, 6) is -5.70. The Balaban J connectivity index is 0.000000514. The smallest absolute Gasteiger partial charge is 0.407 e. The molecule has 6 aromatic rings. The maximum Gasteiger partial charge on any atom is 0.407 e. The van der Waals surface area contributed by atoms with Gasteiger partial charge in [-0.15, -0.1) is 0 Å². The van der Waals surface area contributed by atoms with Gasteiger partial charge in [0.25, 0.3) is 0 Å². The number of Topliss-reactive ketones (excluding diaryl/α,β-unsaturated/α-hetero) is 2. The summed E-state index contributed by atoms with van der Waals surface area (Å²) in [5, 5.41) is 20.7. The van der Waals surface area contributed by atoms with Gasteiger partial charge in [0.1, 0.15) is 19.3 Å². The average molecular weight is 1820 g/mol. The Labute approximate surface area is 767 Å². The highest BCUT2D eigenvalue weighted by Gasteiger charge is 2.42. The Bertz CT molecular complexity index is 4260. The Morgan fingerprint density at radius 3 is 1.09 bits per heavy atom. The summed E-state index contributed by atoms with van der Waals surface area (Å²) >= 11 is 4.82. The van der Waals surface area contributed by atoms with Crippen molar-refractivity contribution in [3.63, 3.8) is 0 Å². The number of aliphatic hydroxyl groups is 1.